The van der Waals surface area contributed by atoms with Crippen LogP contribution in [0.5, 0.6) is 0 Å². The van der Waals surface area contributed by atoms with Crippen molar-refractivity contribution in [2.75, 3.05) is 5.32 Å². The number of halogens is 1. The Morgan fingerprint density at radius 2 is 1.72 bits per heavy atom. The molecule has 1 aromatic heterocycles. The van der Waals surface area contributed by atoms with Crippen LogP contribution in [0.25, 0.3) is 22.5 Å². The first kappa shape index (κ1) is 16.0. The Hall–Kier alpha value is -2.50. The Labute approximate surface area is 156 Å². The number of rotatable bonds is 2. The lowest BCUT2D eigenvalue weighted by atomic mass is 9.87. The van der Waals surface area contributed by atoms with E-state index in [0.717, 1.165) is 40.9 Å². The minimum atomic E-state index is 0.145. The number of aryl methyl sites for hydroxylation is 1. The molecule has 3 N–H and O–H groups in total. The fourth-order valence-electron chi connectivity index (χ4n) is 3.19. The quantitative estimate of drug-likeness (QED) is 0.665. The van der Waals surface area contributed by atoms with Crippen LogP contribution in [0.3, 0.4) is 0 Å². The van der Waals surface area contributed by atoms with Crippen molar-refractivity contribution in [2.24, 2.45) is 5.73 Å². The number of anilines is 1. The van der Waals surface area contributed by atoms with Gasteiger partial charge in [0.15, 0.2) is 5.11 Å². The van der Waals surface area contributed by atoms with Gasteiger partial charge in [0.05, 0.1) is 11.4 Å². The van der Waals surface area contributed by atoms with E-state index >= 15 is 0 Å². The zero-order valence-corrected chi connectivity index (χ0v) is 14.9. The fourth-order valence-corrected chi connectivity index (χ4v) is 3.40. The number of aromatic nitrogens is 2. The molecule has 4 nitrogen and oxygen atoms in total. The van der Waals surface area contributed by atoms with Crippen LogP contribution in [-0.2, 0) is 12.8 Å². The highest BCUT2D eigenvalue weighted by atomic mass is 35.5. The summed E-state index contributed by atoms with van der Waals surface area (Å²) in [5, 5.41) is 3.71. The van der Waals surface area contributed by atoms with Crippen molar-refractivity contribution in [1.29, 1.82) is 0 Å². The van der Waals surface area contributed by atoms with Gasteiger partial charge in [0.2, 0.25) is 5.95 Å². The highest BCUT2D eigenvalue weighted by molar-refractivity contribution is 7.80. The summed E-state index contributed by atoms with van der Waals surface area (Å²) in [6.07, 6.45) is 1.85. The van der Waals surface area contributed by atoms with Gasteiger partial charge in [-0.05, 0) is 42.8 Å². The minimum absolute atomic E-state index is 0.145. The van der Waals surface area contributed by atoms with Gasteiger partial charge in [0.1, 0.15) is 0 Å². The van der Waals surface area contributed by atoms with Gasteiger partial charge in [0.25, 0.3) is 0 Å². The predicted molar refractivity (Wildman–Crippen MR) is 106 cm³/mol. The number of nitrogens with one attached hydrogen (secondary N) is 1. The molecule has 0 aliphatic heterocycles. The number of hydrogen-bond acceptors (Lipinski definition) is 3. The van der Waals surface area contributed by atoms with Gasteiger partial charge in [-0.25, -0.2) is 9.97 Å². The second-order valence-corrected chi connectivity index (χ2v) is 6.75. The summed E-state index contributed by atoms with van der Waals surface area (Å²) in [6, 6.07) is 16.0. The molecule has 25 heavy (non-hydrogen) atoms. The predicted octanol–water partition coefficient (Wildman–Crippen LogP) is 4.22. The molecule has 4 rings (SSSR count). The number of hydrogen-bond donors (Lipinski definition) is 2. The van der Waals surface area contributed by atoms with Crippen molar-refractivity contribution < 1.29 is 0 Å². The summed E-state index contributed by atoms with van der Waals surface area (Å²) < 4.78 is 0. The van der Waals surface area contributed by atoms with Gasteiger partial charge < -0.3 is 11.1 Å². The van der Waals surface area contributed by atoms with Crippen LogP contribution in [0, 0.1) is 0 Å². The summed E-state index contributed by atoms with van der Waals surface area (Å²) in [6.45, 7) is 0. The molecule has 3 aromatic rings. The summed E-state index contributed by atoms with van der Waals surface area (Å²) in [7, 11) is 0. The molecule has 0 fully saturated rings. The molecule has 0 atom stereocenters. The van der Waals surface area contributed by atoms with Gasteiger partial charge in [0, 0.05) is 21.7 Å². The molecule has 0 spiro atoms. The molecule has 2 aromatic carbocycles. The molecule has 0 saturated heterocycles. The van der Waals surface area contributed by atoms with Crippen LogP contribution in [0.1, 0.15) is 11.1 Å². The van der Waals surface area contributed by atoms with Gasteiger partial charge in [-0.2, -0.15) is 0 Å². The highest BCUT2D eigenvalue weighted by Crippen LogP contribution is 2.37. The molecular formula is C19H15ClN4S. The van der Waals surface area contributed by atoms with Crippen LogP contribution in [0.15, 0.2) is 48.5 Å². The minimum Gasteiger partial charge on any atom is -0.376 e. The first-order chi connectivity index (χ1) is 12.1. The maximum absolute atomic E-state index is 6.03. The van der Waals surface area contributed by atoms with E-state index in [4.69, 9.17) is 29.6 Å². The third kappa shape index (κ3) is 3.08. The normalized spacial score (nSPS) is 12.2. The first-order valence-electron chi connectivity index (χ1n) is 7.93. The Balaban J connectivity index is 1.95. The van der Waals surface area contributed by atoms with E-state index in [2.05, 4.69) is 33.5 Å². The van der Waals surface area contributed by atoms with Crippen LogP contribution < -0.4 is 11.1 Å². The molecule has 124 valence electrons. The fraction of sp³-hybridized carbons (Fsp3) is 0.105. The molecule has 1 aliphatic carbocycles. The van der Waals surface area contributed by atoms with Crippen LogP contribution in [-0.4, -0.2) is 15.1 Å². The van der Waals surface area contributed by atoms with Crippen LogP contribution >= 0.6 is 23.8 Å². The number of fused-ring (bicyclic) bond motifs is 3. The lowest BCUT2D eigenvalue weighted by molar-refractivity contribution is 0.916. The van der Waals surface area contributed by atoms with Gasteiger partial charge in [-0.1, -0.05) is 48.0 Å². The molecule has 0 amide bonds. The van der Waals surface area contributed by atoms with Crippen LogP contribution in [0.2, 0.25) is 5.02 Å². The van der Waals surface area contributed by atoms with Crippen molar-refractivity contribution in [3.8, 4) is 22.5 Å². The van der Waals surface area contributed by atoms with E-state index in [1.54, 1.807) is 0 Å². The zero-order chi connectivity index (χ0) is 17.4. The molecule has 0 unspecified atom stereocenters. The second-order valence-electron chi connectivity index (χ2n) is 5.88. The third-order valence-electron chi connectivity index (χ3n) is 4.28. The average molecular weight is 367 g/mol. The first-order valence-corrected chi connectivity index (χ1v) is 8.72. The standard InChI is InChI=1S/C19H15ClN4S/c20-13-8-5-12(6-9-13)16-15-10-7-11-3-1-2-4-14(11)17(15)23-19(22-16)24-18(21)25/h1-6,8-9H,7,10H2,(H3,21,22,23,24,25). The van der Waals surface area contributed by atoms with E-state index in [9.17, 15) is 0 Å². The van der Waals surface area contributed by atoms with Crippen molar-refractivity contribution >= 4 is 34.9 Å². The largest absolute Gasteiger partial charge is 0.376 e. The lowest BCUT2D eigenvalue weighted by Crippen LogP contribution is -2.22. The maximum Gasteiger partial charge on any atom is 0.230 e. The smallest absolute Gasteiger partial charge is 0.230 e. The molecule has 1 aliphatic rings. The van der Waals surface area contributed by atoms with Crippen molar-refractivity contribution in [3.63, 3.8) is 0 Å². The van der Waals surface area contributed by atoms with Crippen molar-refractivity contribution in [1.82, 2.24) is 9.97 Å². The van der Waals surface area contributed by atoms with E-state index in [0.29, 0.717) is 11.0 Å². The topological polar surface area (TPSA) is 63.8 Å². The summed E-state index contributed by atoms with van der Waals surface area (Å²) in [5.74, 6) is 0.410. The summed E-state index contributed by atoms with van der Waals surface area (Å²) in [4.78, 5) is 9.35. The van der Waals surface area contributed by atoms with E-state index in [1.807, 2.05) is 30.3 Å². The second kappa shape index (κ2) is 6.43. The zero-order valence-electron chi connectivity index (χ0n) is 13.3. The Morgan fingerprint density at radius 1 is 1.00 bits per heavy atom. The Morgan fingerprint density at radius 3 is 2.48 bits per heavy atom. The Kier molecular flexibility index (Phi) is 4.11. The molecule has 6 heteroatoms. The monoisotopic (exact) mass is 366 g/mol. The number of benzene rings is 2. The van der Waals surface area contributed by atoms with Gasteiger partial charge >= 0.3 is 0 Å². The molecule has 0 radical (unpaired) electrons. The van der Waals surface area contributed by atoms with Gasteiger partial charge in [-0.15, -0.1) is 0 Å². The number of thiocarbonyl (C=S) groups is 1. The molecule has 0 saturated carbocycles. The third-order valence-corrected chi connectivity index (χ3v) is 4.63. The molecule has 1 heterocycles. The van der Waals surface area contributed by atoms with E-state index < -0.39 is 0 Å². The maximum atomic E-state index is 6.03. The van der Waals surface area contributed by atoms with Crippen molar-refractivity contribution in [2.45, 2.75) is 12.8 Å². The Bertz CT molecular complexity index is 970. The average Bonchev–Trinajstić information content (AvgIpc) is 2.61. The lowest BCUT2D eigenvalue weighted by Gasteiger charge is -2.22. The van der Waals surface area contributed by atoms with E-state index in [1.165, 1.54) is 5.56 Å². The molecule has 0 bridgehead atoms. The number of nitrogens with zero attached hydrogens (tertiary/aromatic N) is 2. The van der Waals surface area contributed by atoms with E-state index in [-0.39, 0.29) is 5.11 Å². The highest BCUT2D eigenvalue weighted by Gasteiger charge is 2.23. The van der Waals surface area contributed by atoms with Crippen LogP contribution in [0.4, 0.5) is 5.95 Å². The SMILES string of the molecule is NC(=S)Nc1nc(-c2ccc(Cl)cc2)c2c(n1)-c1ccccc1CC2. The van der Waals surface area contributed by atoms with Crippen molar-refractivity contribution in [3.05, 3.63) is 64.7 Å². The summed E-state index contributed by atoms with van der Waals surface area (Å²) in [5.41, 5.74) is 12.0. The summed E-state index contributed by atoms with van der Waals surface area (Å²) >= 11 is 11.0. The molecular weight excluding hydrogens is 352 g/mol. The van der Waals surface area contributed by atoms with Gasteiger partial charge in [-0.3, -0.25) is 0 Å². The number of nitrogens with two attached hydrogens (primary N) is 1.